The number of hydrogen-bond acceptors (Lipinski definition) is 3. The van der Waals surface area contributed by atoms with Crippen LogP contribution in [0, 0.1) is 0 Å². The van der Waals surface area contributed by atoms with Gasteiger partial charge in [0.25, 0.3) is 0 Å². The predicted molar refractivity (Wildman–Crippen MR) is 62.0 cm³/mol. The number of unbranched alkanes of at least 4 members (excludes halogenated alkanes) is 2. The van der Waals surface area contributed by atoms with E-state index in [1.54, 1.807) is 4.90 Å². The van der Waals surface area contributed by atoms with E-state index in [-0.39, 0.29) is 0 Å². The molecule has 2 amide bonds. The number of hydrogen-bond donors (Lipinski definition) is 2. The zero-order chi connectivity index (χ0) is 11.8. The van der Waals surface area contributed by atoms with Crippen molar-refractivity contribution in [3.05, 3.63) is 0 Å². The standard InChI is InChI=1S/C11H21N3O2/c1-2-3-4-5-13-10(15)11(16)14-8-6-12-7-9-14/h12H,2-9H2,1H3,(H,13,15). The van der Waals surface area contributed by atoms with Gasteiger partial charge in [-0.1, -0.05) is 19.8 Å². The molecule has 0 unspecified atom stereocenters. The lowest BCUT2D eigenvalue weighted by Crippen LogP contribution is -2.51. The maximum absolute atomic E-state index is 11.6. The minimum absolute atomic E-state index is 0.391. The van der Waals surface area contributed by atoms with Crippen LogP contribution in [0.4, 0.5) is 0 Å². The minimum Gasteiger partial charge on any atom is -0.348 e. The molecule has 1 aliphatic heterocycles. The van der Waals surface area contributed by atoms with E-state index in [2.05, 4.69) is 17.6 Å². The Balaban J connectivity index is 2.21. The molecule has 1 fully saturated rings. The van der Waals surface area contributed by atoms with E-state index in [1.807, 2.05) is 0 Å². The Hall–Kier alpha value is -1.10. The van der Waals surface area contributed by atoms with Gasteiger partial charge in [-0.3, -0.25) is 9.59 Å². The normalized spacial score (nSPS) is 15.9. The smallest absolute Gasteiger partial charge is 0.311 e. The lowest BCUT2D eigenvalue weighted by molar-refractivity contribution is -0.146. The molecule has 0 radical (unpaired) electrons. The maximum Gasteiger partial charge on any atom is 0.311 e. The van der Waals surface area contributed by atoms with E-state index in [1.165, 1.54) is 0 Å². The molecule has 0 aromatic heterocycles. The molecule has 1 rings (SSSR count). The van der Waals surface area contributed by atoms with Gasteiger partial charge in [0.15, 0.2) is 0 Å². The van der Waals surface area contributed by atoms with Crippen molar-refractivity contribution in [2.75, 3.05) is 32.7 Å². The van der Waals surface area contributed by atoms with Crippen LogP contribution in [0.1, 0.15) is 26.2 Å². The molecule has 16 heavy (non-hydrogen) atoms. The van der Waals surface area contributed by atoms with Crippen LogP contribution in [0.15, 0.2) is 0 Å². The fourth-order valence-electron chi connectivity index (χ4n) is 1.66. The Kier molecular flexibility index (Phi) is 5.85. The summed E-state index contributed by atoms with van der Waals surface area (Å²) in [5.41, 5.74) is 0. The van der Waals surface area contributed by atoms with Crippen LogP contribution in [-0.2, 0) is 9.59 Å². The van der Waals surface area contributed by atoms with E-state index >= 15 is 0 Å². The van der Waals surface area contributed by atoms with Crippen LogP contribution >= 0.6 is 0 Å². The summed E-state index contributed by atoms with van der Waals surface area (Å²) in [5.74, 6) is -0.851. The monoisotopic (exact) mass is 227 g/mol. The lowest BCUT2D eigenvalue weighted by Gasteiger charge is -2.26. The third-order valence-electron chi connectivity index (χ3n) is 2.66. The molecule has 0 aromatic rings. The zero-order valence-electron chi connectivity index (χ0n) is 9.92. The Morgan fingerprint density at radius 3 is 2.56 bits per heavy atom. The number of nitrogens with one attached hydrogen (secondary N) is 2. The van der Waals surface area contributed by atoms with E-state index in [0.717, 1.165) is 32.4 Å². The van der Waals surface area contributed by atoms with Crippen molar-refractivity contribution in [3.8, 4) is 0 Å². The SMILES string of the molecule is CCCCCNC(=O)C(=O)N1CCNCC1. The van der Waals surface area contributed by atoms with Gasteiger partial charge in [-0.2, -0.15) is 0 Å². The summed E-state index contributed by atoms with van der Waals surface area (Å²) in [5, 5.41) is 5.81. The predicted octanol–water partition coefficient (Wildman–Crippen LogP) is -0.275. The first-order valence-electron chi connectivity index (χ1n) is 6.03. The number of amides is 2. The summed E-state index contributed by atoms with van der Waals surface area (Å²) < 4.78 is 0. The molecule has 5 heteroatoms. The molecule has 0 saturated carbocycles. The summed E-state index contributed by atoms with van der Waals surface area (Å²) in [4.78, 5) is 24.7. The highest BCUT2D eigenvalue weighted by atomic mass is 16.2. The van der Waals surface area contributed by atoms with E-state index in [9.17, 15) is 9.59 Å². The van der Waals surface area contributed by atoms with Gasteiger partial charge in [-0.15, -0.1) is 0 Å². The Labute approximate surface area is 96.6 Å². The molecule has 0 bridgehead atoms. The van der Waals surface area contributed by atoms with Crippen LogP contribution in [0.5, 0.6) is 0 Å². The summed E-state index contributed by atoms with van der Waals surface area (Å²) >= 11 is 0. The van der Waals surface area contributed by atoms with Crippen molar-refractivity contribution in [1.29, 1.82) is 0 Å². The molecule has 1 aliphatic rings. The van der Waals surface area contributed by atoms with Crippen LogP contribution in [-0.4, -0.2) is 49.4 Å². The van der Waals surface area contributed by atoms with Gasteiger partial charge < -0.3 is 15.5 Å². The van der Waals surface area contributed by atoms with Crippen LogP contribution in [0.25, 0.3) is 0 Å². The van der Waals surface area contributed by atoms with Crippen molar-refractivity contribution < 1.29 is 9.59 Å². The molecule has 92 valence electrons. The molecule has 1 saturated heterocycles. The van der Waals surface area contributed by atoms with Gasteiger partial charge in [0.2, 0.25) is 0 Å². The highest BCUT2D eigenvalue weighted by Crippen LogP contribution is 1.95. The number of carbonyl (C=O) groups is 2. The highest BCUT2D eigenvalue weighted by molar-refractivity contribution is 6.35. The van der Waals surface area contributed by atoms with E-state index in [0.29, 0.717) is 19.6 Å². The quantitative estimate of drug-likeness (QED) is 0.513. The fraction of sp³-hybridized carbons (Fsp3) is 0.818. The molecule has 0 aromatic carbocycles. The molecule has 1 heterocycles. The average molecular weight is 227 g/mol. The van der Waals surface area contributed by atoms with Crippen LogP contribution < -0.4 is 10.6 Å². The second kappa shape index (κ2) is 7.22. The minimum atomic E-state index is -0.460. The van der Waals surface area contributed by atoms with Gasteiger partial charge in [0, 0.05) is 32.7 Å². The lowest BCUT2D eigenvalue weighted by atomic mass is 10.2. The topological polar surface area (TPSA) is 61.4 Å². The van der Waals surface area contributed by atoms with E-state index in [4.69, 9.17) is 0 Å². The molecule has 0 atom stereocenters. The second-order valence-corrected chi connectivity index (χ2v) is 4.01. The third kappa shape index (κ3) is 4.18. The van der Waals surface area contributed by atoms with Crippen LogP contribution in [0.2, 0.25) is 0 Å². The average Bonchev–Trinajstić information content (AvgIpc) is 2.34. The van der Waals surface area contributed by atoms with E-state index < -0.39 is 11.8 Å². The van der Waals surface area contributed by atoms with Crippen molar-refractivity contribution in [2.24, 2.45) is 0 Å². The largest absolute Gasteiger partial charge is 0.348 e. The van der Waals surface area contributed by atoms with Gasteiger partial charge >= 0.3 is 11.8 Å². The van der Waals surface area contributed by atoms with Crippen molar-refractivity contribution in [3.63, 3.8) is 0 Å². The van der Waals surface area contributed by atoms with Crippen LogP contribution in [0.3, 0.4) is 0 Å². The Morgan fingerprint density at radius 2 is 1.94 bits per heavy atom. The molecule has 2 N–H and O–H groups in total. The first-order valence-corrected chi connectivity index (χ1v) is 6.03. The first kappa shape index (κ1) is 13.0. The van der Waals surface area contributed by atoms with Crippen molar-refractivity contribution in [1.82, 2.24) is 15.5 Å². The number of piperazine rings is 1. The van der Waals surface area contributed by atoms with Gasteiger partial charge in [-0.25, -0.2) is 0 Å². The summed E-state index contributed by atoms with van der Waals surface area (Å²) in [6.07, 6.45) is 3.14. The number of nitrogens with zero attached hydrogens (tertiary/aromatic N) is 1. The van der Waals surface area contributed by atoms with Gasteiger partial charge in [-0.05, 0) is 6.42 Å². The van der Waals surface area contributed by atoms with Crippen molar-refractivity contribution >= 4 is 11.8 Å². The van der Waals surface area contributed by atoms with Gasteiger partial charge in [0.05, 0.1) is 0 Å². The summed E-state index contributed by atoms with van der Waals surface area (Å²) in [6.45, 7) is 5.50. The number of rotatable bonds is 4. The Morgan fingerprint density at radius 1 is 1.25 bits per heavy atom. The molecular formula is C11H21N3O2. The first-order chi connectivity index (χ1) is 7.75. The Bertz CT molecular complexity index is 237. The third-order valence-corrected chi connectivity index (χ3v) is 2.66. The summed E-state index contributed by atoms with van der Waals surface area (Å²) in [6, 6.07) is 0. The maximum atomic E-state index is 11.6. The molecule has 0 aliphatic carbocycles. The fourth-order valence-corrected chi connectivity index (χ4v) is 1.66. The number of carbonyl (C=O) groups excluding carboxylic acids is 2. The highest BCUT2D eigenvalue weighted by Gasteiger charge is 2.22. The molecule has 0 spiro atoms. The zero-order valence-corrected chi connectivity index (χ0v) is 9.92. The summed E-state index contributed by atoms with van der Waals surface area (Å²) in [7, 11) is 0. The molecular weight excluding hydrogens is 206 g/mol. The van der Waals surface area contributed by atoms with Gasteiger partial charge in [0.1, 0.15) is 0 Å². The molecule has 5 nitrogen and oxygen atoms in total. The second-order valence-electron chi connectivity index (χ2n) is 4.01. The van der Waals surface area contributed by atoms with Crippen molar-refractivity contribution in [2.45, 2.75) is 26.2 Å².